The van der Waals surface area contributed by atoms with Crippen molar-refractivity contribution in [2.24, 2.45) is 0 Å². The SMILES string of the molecule is CCCCCCN(C)C(=O)Cl. The van der Waals surface area contributed by atoms with Crippen molar-refractivity contribution in [1.29, 1.82) is 0 Å². The zero-order valence-corrected chi connectivity index (χ0v) is 8.02. The molecular formula is C8H16ClNO. The first-order chi connectivity index (χ1) is 5.18. The molecule has 2 nitrogen and oxygen atoms in total. The highest BCUT2D eigenvalue weighted by Crippen LogP contribution is 2.01. The Kier molecular flexibility index (Phi) is 6.33. The van der Waals surface area contributed by atoms with Gasteiger partial charge in [0.25, 0.3) is 0 Å². The summed E-state index contributed by atoms with van der Waals surface area (Å²) < 4.78 is 0. The van der Waals surface area contributed by atoms with Crippen LogP contribution in [0, 0.1) is 0 Å². The van der Waals surface area contributed by atoms with Crippen LogP contribution >= 0.6 is 11.6 Å². The summed E-state index contributed by atoms with van der Waals surface area (Å²) in [5.41, 5.74) is 0. The Bertz CT molecular complexity index is 117. The first kappa shape index (κ1) is 10.8. The van der Waals surface area contributed by atoms with Crippen molar-refractivity contribution in [3.8, 4) is 0 Å². The van der Waals surface area contributed by atoms with Gasteiger partial charge in [0.2, 0.25) is 0 Å². The fourth-order valence-corrected chi connectivity index (χ4v) is 0.948. The topological polar surface area (TPSA) is 20.3 Å². The molecule has 1 amide bonds. The fourth-order valence-electron chi connectivity index (χ4n) is 0.864. The van der Waals surface area contributed by atoms with Crippen LogP contribution in [0.5, 0.6) is 0 Å². The Hall–Kier alpha value is -0.240. The maximum atomic E-state index is 10.5. The van der Waals surface area contributed by atoms with Crippen molar-refractivity contribution < 1.29 is 4.79 Å². The van der Waals surface area contributed by atoms with Gasteiger partial charge in [0, 0.05) is 13.6 Å². The molecule has 0 aliphatic heterocycles. The number of amides is 1. The minimum Gasteiger partial charge on any atom is -0.332 e. The molecule has 3 heteroatoms. The molecule has 0 rings (SSSR count). The predicted molar refractivity (Wildman–Crippen MR) is 48.0 cm³/mol. The second-order valence-corrected chi connectivity index (χ2v) is 3.06. The van der Waals surface area contributed by atoms with Crippen LogP contribution in [-0.4, -0.2) is 23.9 Å². The molecule has 0 unspecified atom stereocenters. The molecule has 0 N–H and O–H groups in total. The average Bonchev–Trinajstić information content (AvgIpc) is 1.97. The first-order valence-electron chi connectivity index (χ1n) is 4.09. The minimum atomic E-state index is -0.360. The monoisotopic (exact) mass is 177 g/mol. The molecule has 0 bridgehead atoms. The van der Waals surface area contributed by atoms with Crippen molar-refractivity contribution in [3.63, 3.8) is 0 Å². The maximum Gasteiger partial charge on any atom is 0.316 e. The summed E-state index contributed by atoms with van der Waals surface area (Å²) >= 11 is 5.23. The quantitative estimate of drug-likeness (QED) is 0.359. The molecule has 0 saturated heterocycles. The van der Waals surface area contributed by atoms with Gasteiger partial charge in [-0.05, 0) is 18.0 Å². The summed E-state index contributed by atoms with van der Waals surface area (Å²) in [4.78, 5) is 12.0. The van der Waals surface area contributed by atoms with E-state index in [0.717, 1.165) is 13.0 Å². The van der Waals surface area contributed by atoms with E-state index in [9.17, 15) is 4.79 Å². The molecule has 0 aliphatic carbocycles. The number of nitrogens with zero attached hydrogens (tertiary/aromatic N) is 1. The zero-order valence-electron chi connectivity index (χ0n) is 7.27. The Balaban J connectivity index is 3.17. The first-order valence-corrected chi connectivity index (χ1v) is 4.47. The van der Waals surface area contributed by atoms with Crippen LogP contribution in [0.4, 0.5) is 4.79 Å². The van der Waals surface area contributed by atoms with Crippen LogP contribution in [0.2, 0.25) is 0 Å². The number of unbranched alkanes of at least 4 members (excludes halogenated alkanes) is 3. The summed E-state index contributed by atoms with van der Waals surface area (Å²) in [5.74, 6) is 0. The molecule has 0 saturated carbocycles. The number of hydrogen-bond acceptors (Lipinski definition) is 1. The molecule has 0 aliphatic rings. The van der Waals surface area contributed by atoms with E-state index in [4.69, 9.17) is 11.6 Å². The number of halogens is 1. The third kappa shape index (κ3) is 6.17. The lowest BCUT2D eigenvalue weighted by molar-refractivity contribution is 0.231. The smallest absolute Gasteiger partial charge is 0.316 e. The van der Waals surface area contributed by atoms with E-state index in [1.54, 1.807) is 7.05 Å². The standard InChI is InChI=1S/C8H16ClNO/c1-3-4-5-6-7-10(2)8(9)11/h3-7H2,1-2H3. The van der Waals surface area contributed by atoms with Crippen molar-refractivity contribution in [1.82, 2.24) is 4.90 Å². The molecule has 0 aromatic heterocycles. The highest BCUT2D eigenvalue weighted by Gasteiger charge is 2.01. The van der Waals surface area contributed by atoms with Crippen LogP contribution in [0.15, 0.2) is 0 Å². The van der Waals surface area contributed by atoms with Crippen LogP contribution in [-0.2, 0) is 0 Å². The Morgan fingerprint density at radius 3 is 2.45 bits per heavy atom. The van der Waals surface area contributed by atoms with Crippen molar-refractivity contribution in [2.75, 3.05) is 13.6 Å². The fraction of sp³-hybridized carbons (Fsp3) is 0.875. The van der Waals surface area contributed by atoms with Gasteiger partial charge in [-0.15, -0.1) is 0 Å². The van der Waals surface area contributed by atoms with E-state index >= 15 is 0 Å². The van der Waals surface area contributed by atoms with E-state index in [2.05, 4.69) is 6.92 Å². The van der Waals surface area contributed by atoms with Gasteiger partial charge in [0.15, 0.2) is 0 Å². The van der Waals surface area contributed by atoms with Crippen LogP contribution in [0.25, 0.3) is 0 Å². The van der Waals surface area contributed by atoms with Crippen LogP contribution < -0.4 is 0 Å². The minimum absolute atomic E-state index is 0.360. The molecule has 0 radical (unpaired) electrons. The summed E-state index contributed by atoms with van der Waals surface area (Å²) in [5, 5.41) is -0.360. The van der Waals surface area contributed by atoms with Crippen molar-refractivity contribution in [3.05, 3.63) is 0 Å². The van der Waals surface area contributed by atoms with Gasteiger partial charge >= 0.3 is 5.37 Å². The molecule has 0 heterocycles. The maximum absolute atomic E-state index is 10.5. The normalized spacial score (nSPS) is 9.73. The van der Waals surface area contributed by atoms with Crippen LogP contribution in [0.1, 0.15) is 32.6 Å². The lowest BCUT2D eigenvalue weighted by atomic mass is 10.2. The second-order valence-electron chi connectivity index (χ2n) is 2.74. The Morgan fingerprint density at radius 1 is 1.36 bits per heavy atom. The van der Waals surface area contributed by atoms with Gasteiger partial charge in [-0.2, -0.15) is 0 Å². The highest BCUT2D eigenvalue weighted by atomic mass is 35.5. The van der Waals surface area contributed by atoms with E-state index in [0.29, 0.717) is 0 Å². The Morgan fingerprint density at radius 2 is 2.00 bits per heavy atom. The number of rotatable bonds is 5. The third-order valence-electron chi connectivity index (χ3n) is 1.65. The molecule has 0 aromatic rings. The lowest BCUT2D eigenvalue weighted by Gasteiger charge is -2.11. The van der Waals surface area contributed by atoms with Crippen molar-refractivity contribution >= 4 is 17.0 Å². The molecule has 0 fully saturated rings. The second kappa shape index (κ2) is 6.47. The number of carbonyl (C=O) groups excluding carboxylic acids is 1. The predicted octanol–water partition coefficient (Wildman–Crippen LogP) is 2.86. The highest BCUT2D eigenvalue weighted by molar-refractivity contribution is 6.62. The third-order valence-corrected chi connectivity index (χ3v) is 1.94. The van der Waals surface area contributed by atoms with E-state index in [-0.39, 0.29) is 5.37 Å². The lowest BCUT2D eigenvalue weighted by Crippen LogP contribution is -2.21. The molecule has 0 atom stereocenters. The molecular weight excluding hydrogens is 162 g/mol. The zero-order chi connectivity index (χ0) is 8.69. The summed E-state index contributed by atoms with van der Waals surface area (Å²) in [6.45, 7) is 2.94. The summed E-state index contributed by atoms with van der Waals surface area (Å²) in [6, 6.07) is 0. The number of carbonyl (C=O) groups is 1. The van der Waals surface area contributed by atoms with Gasteiger partial charge in [0.1, 0.15) is 0 Å². The molecule has 0 aromatic carbocycles. The largest absolute Gasteiger partial charge is 0.332 e. The van der Waals surface area contributed by atoms with E-state index in [1.807, 2.05) is 0 Å². The average molecular weight is 178 g/mol. The Labute approximate surface area is 73.5 Å². The van der Waals surface area contributed by atoms with E-state index in [1.165, 1.54) is 24.2 Å². The van der Waals surface area contributed by atoms with E-state index < -0.39 is 0 Å². The van der Waals surface area contributed by atoms with Gasteiger partial charge in [-0.3, -0.25) is 4.79 Å². The van der Waals surface area contributed by atoms with Gasteiger partial charge < -0.3 is 4.90 Å². The number of hydrogen-bond donors (Lipinski definition) is 0. The van der Waals surface area contributed by atoms with Gasteiger partial charge in [-0.25, -0.2) is 0 Å². The van der Waals surface area contributed by atoms with Crippen LogP contribution in [0.3, 0.4) is 0 Å². The molecule has 0 spiro atoms. The summed E-state index contributed by atoms with van der Waals surface area (Å²) in [7, 11) is 1.72. The van der Waals surface area contributed by atoms with Gasteiger partial charge in [0.05, 0.1) is 0 Å². The summed E-state index contributed by atoms with van der Waals surface area (Å²) in [6.07, 6.45) is 4.71. The molecule has 11 heavy (non-hydrogen) atoms. The van der Waals surface area contributed by atoms with Crippen molar-refractivity contribution in [2.45, 2.75) is 32.6 Å². The van der Waals surface area contributed by atoms with Gasteiger partial charge in [-0.1, -0.05) is 26.2 Å². The molecule has 66 valence electrons.